The zero-order valence-corrected chi connectivity index (χ0v) is 16.6. The topological polar surface area (TPSA) is 75.4 Å². The lowest BCUT2D eigenvalue weighted by molar-refractivity contribution is -0.918. The predicted octanol–water partition coefficient (Wildman–Crippen LogP) is 2.02. The molecule has 2 aromatic carbocycles. The molecule has 0 atom stereocenters. The van der Waals surface area contributed by atoms with Crippen LogP contribution >= 0.6 is 0 Å². The highest BCUT2D eigenvalue weighted by molar-refractivity contribution is 5.99. The zero-order valence-electron chi connectivity index (χ0n) is 16.6. The maximum absolute atomic E-state index is 12.9. The van der Waals surface area contributed by atoms with E-state index in [0.717, 1.165) is 30.8 Å². The zero-order chi connectivity index (χ0) is 20.6. The molecular formula is C22H27FN3O3+. The molecular weight excluding hydrogens is 373 g/mol. The lowest BCUT2D eigenvalue weighted by Gasteiger charge is -2.24. The van der Waals surface area contributed by atoms with Gasteiger partial charge < -0.3 is 14.7 Å². The standard InChI is InChI=1S/C22H26FN3O3/c1-16(24-25-22(28)15-29-20-8-6-19(23)7-9-20)17-5-10-21(27)18(13-17)14-26-11-3-2-4-12-26/h5-10,13,27H,2-4,11-12,14-15H2,1H3,(H,25,28)/p+1/b24-16+. The minimum atomic E-state index is -0.412. The monoisotopic (exact) mass is 400 g/mol. The Balaban J connectivity index is 1.56. The minimum absolute atomic E-state index is 0.221. The first-order valence-corrected chi connectivity index (χ1v) is 9.88. The summed E-state index contributed by atoms with van der Waals surface area (Å²) >= 11 is 0. The fourth-order valence-electron chi connectivity index (χ4n) is 3.37. The van der Waals surface area contributed by atoms with E-state index in [-0.39, 0.29) is 18.2 Å². The van der Waals surface area contributed by atoms with Crippen molar-refractivity contribution in [3.05, 3.63) is 59.4 Å². The lowest BCUT2D eigenvalue weighted by Crippen LogP contribution is -3.11. The van der Waals surface area contributed by atoms with Crippen LogP contribution in [-0.2, 0) is 11.3 Å². The molecule has 0 spiro atoms. The smallest absolute Gasteiger partial charge is 0.277 e. The first-order valence-electron chi connectivity index (χ1n) is 9.88. The lowest BCUT2D eigenvalue weighted by atomic mass is 10.0. The predicted molar refractivity (Wildman–Crippen MR) is 109 cm³/mol. The van der Waals surface area contributed by atoms with Gasteiger partial charge in [0.15, 0.2) is 6.61 Å². The van der Waals surface area contributed by atoms with Crippen LogP contribution in [0.3, 0.4) is 0 Å². The molecule has 0 radical (unpaired) electrons. The normalized spacial score (nSPS) is 15.2. The number of aromatic hydroxyl groups is 1. The number of phenolic OH excluding ortho intramolecular Hbond substituents is 1. The number of carbonyl (C=O) groups excluding carboxylic acids is 1. The van der Waals surface area contributed by atoms with Gasteiger partial charge in [0.25, 0.3) is 5.91 Å². The number of halogens is 1. The molecule has 2 aromatic rings. The molecule has 0 aromatic heterocycles. The van der Waals surface area contributed by atoms with Crippen molar-refractivity contribution in [3.63, 3.8) is 0 Å². The number of quaternary nitrogens is 1. The van der Waals surface area contributed by atoms with E-state index in [1.807, 2.05) is 6.07 Å². The number of phenols is 1. The van der Waals surface area contributed by atoms with Crippen LogP contribution in [0.2, 0.25) is 0 Å². The van der Waals surface area contributed by atoms with Crippen molar-refractivity contribution in [2.24, 2.45) is 5.10 Å². The molecule has 3 N–H and O–H groups in total. The Morgan fingerprint density at radius 2 is 1.90 bits per heavy atom. The molecule has 154 valence electrons. The summed E-state index contributed by atoms with van der Waals surface area (Å²) in [6, 6.07) is 10.8. The third-order valence-electron chi connectivity index (χ3n) is 5.03. The quantitative estimate of drug-likeness (QED) is 0.492. The maximum Gasteiger partial charge on any atom is 0.277 e. The molecule has 29 heavy (non-hydrogen) atoms. The molecule has 3 rings (SSSR count). The van der Waals surface area contributed by atoms with Gasteiger partial charge in [-0.05, 0) is 74.2 Å². The number of amides is 1. The van der Waals surface area contributed by atoms with E-state index >= 15 is 0 Å². The van der Waals surface area contributed by atoms with E-state index in [0.29, 0.717) is 11.5 Å². The van der Waals surface area contributed by atoms with E-state index in [2.05, 4.69) is 10.5 Å². The van der Waals surface area contributed by atoms with Gasteiger partial charge in [0.1, 0.15) is 23.9 Å². The Morgan fingerprint density at radius 3 is 2.62 bits per heavy atom. The molecule has 0 aliphatic carbocycles. The highest BCUT2D eigenvalue weighted by Crippen LogP contribution is 2.18. The molecule has 1 aliphatic rings. The Morgan fingerprint density at radius 1 is 1.17 bits per heavy atom. The second-order valence-corrected chi connectivity index (χ2v) is 7.31. The van der Waals surface area contributed by atoms with Crippen LogP contribution in [0.1, 0.15) is 37.3 Å². The molecule has 1 saturated heterocycles. The van der Waals surface area contributed by atoms with Gasteiger partial charge in [-0.3, -0.25) is 4.79 Å². The van der Waals surface area contributed by atoms with Gasteiger partial charge in [0.2, 0.25) is 0 Å². The minimum Gasteiger partial charge on any atom is -0.507 e. The second-order valence-electron chi connectivity index (χ2n) is 7.31. The fourth-order valence-corrected chi connectivity index (χ4v) is 3.37. The summed E-state index contributed by atoms with van der Waals surface area (Å²) in [7, 11) is 0. The van der Waals surface area contributed by atoms with E-state index in [1.165, 1.54) is 48.4 Å². The van der Waals surface area contributed by atoms with Gasteiger partial charge in [0.05, 0.1) is 18.8 Å². The van der Waals surface area contributed by atoms with Crippen molar-refractivity contribution < 1.29 is 23.9 Å². The van der Waals surface area contributed by atoms with Crippen LogP contribution in [0.4, 0.5) is 4.39 Å². The molecule has 6 nitrogen and oxygen atoms in total. The number of hydrazone groups is 1. The molecule has 1 heterocycles. The molecule has 0 bridgehead atoms. The summed E-state index contributed by atoms with van der Waals surface area (Å²) in [5, 5.41) is 14.3. The Hall–Kier alpha value is -2.93. The maximum atomic E-state index is 12.9. The Labute approximate surface area is 170 Å². The van der Waals surface area contributed by atoms with E-state index in [9.17, 15) is 14.3 Å². The number of likely N-dealkylation sites (tertiary alicyclic amines) is 1. The molecule has 1 aliphatic heterocycles. The fraction of sp³-hybridized carbons (Fsp3) is 0.364. The summed E-state index contributed by atoms with van der Waals surface area (Å²) in [4.78, 5) is 13.4. The number of piperidine rings is 1. The number of rotatable bonds is 7. The van der Waals surface area contributed by atoms with Crippen molar-refractivity contribution in [2.45, 2.75) is 32.7 Å². The van der Waals surface area contributed by atoms with Crippen LogP contribution in [0.15, 0.2) is 47.6 Å². The largest absolute Gasteiger partial charge is 0.507 e. The van der Waals surface area contributed by atoms with Crippen molar-refractivity contribution in [2.75, 3.05) is 19.7 Å². The van der Waals surface area contributed by atoms with Crippen molar-refractivity contribution in [1.82, 2.24) is 5.43 Å². The second kappa shape index (κ2) is 10.0. The van der Waals surface area contributed by atoms with Gasteiger partial charge in [-0.1, -0.05) is 0 Å². The number of hydrogen-bond acceptors (Lipinski definition) is 4. The van der Waals surface area contributed by atoms with Crippen LogP contribution in [0, 0.1) is 5.82 Å². The first kappa shape index (κ1) is 20.8. The highest BCUT2D eigenvalue weighted by Gasteiger charge is 2.16. The summed E-state index contributed by atoms with van der Waals surface area (Å²) in [6.45, 7) is 4.61. The average molecular weight is 400 g/mol. The van der Waals surface area contributed by atoms with Crippen LogP contribution in [-0.4, -0.2) is 36.4 Å². The van der Waals surface area contributed by atoms with Gasteiger partial charge >= 0.3 is 0 Å². The van der Waals surface area contributed by atoms with Crippen LogP contribution < -0.4 is 15.1 Å². The molecule has 1 fully saturated rings. The summed E-state index contributed by atoms with van der Waals surface area (Å²) in [5.74, 6) is -0.0791. The van der Waals surface area contributed by atoms with Crippen LogP contribution in [0.25, 0.3) is 0 Å². The van der Waals surface area contributed by atoms with Crippen LogP contribution in [0.5, 0.6) is 11.5 Å². The number of nitrogens with zero attached hydrogens (tertiary/aromatic N) is 1. The van der Waals surface area contributed by atoms with Gasteiger partial charge in [-0.15, -0.1) is 0 Å². The first-order chi connectivity index (χ1) is 14.0. The average Bonchev–Trinajstić information content (AvgIpc) is 2.74. The summed E-state index contributed by atoms with van der Waals surface area (Å²) < 4.78 is 18.2. The number of nitrogens with one attached hydrogen (secondary N) is 2. The number of hydrogen-bond donors (Lipinski definition) is 3. The number of benzene rings is 2. The molecule has 7 heteroatoms. The van der Waals surface area contributed by atoms with E-state index in [1.54, 1.807) is 19.1 Å². The Kier molecular flexibility index (Phi) is 7.19. The summed E-state index contributed by atoms with van der Waals surface area (Å²) in [5.41, 5.74) is 4.82. The molecule has 0 unspecified atom stereocenters. The molecule has 0 saturated carbocycles. The van der Waals surface area contributed by atoms with Gasteiger partial charge in [-0.25, -0.2) is 9.82 Å². The third kappa shape index (κ3) is 6.29. The number of carbonyl (C=O) groups is 1. The van der Waals surface area contributed by atoms with Crippen molar-refractivity contribution >= 4 is 11.6 Å². The third-order valence-corrected chi connectivity index (χ3v) is 5.03. The van der Waals surface area contributed by atoms with Gasteiger partial charge in [0, 0.05) is 5.56 Å². The van der Waals surface area contributed by atoms with Gasteiger partial charge in [-0.2, -0.15) is 5.10 Å². The Bertz CT molecular complexity index is 862. The number of ether oxygens (including phenoxy) is 1. The van der Waals surface area contributed by atoms with Crippen molar-refractivity contribution in [1.29, 1.82) is 0 Å². The summed E-state index contributed by atoms with van der Waals surface area (Å²) in [6.07, 6.45) is 3.73. The SMILES string of the molecule is C/C(=N\NC(=O)COc1ccc(F)cc1)c1ccc(O)c(C[NH+]2CCCCC2)c1. The van der Waals surface area contributed by atoms with E-state index < -0.39 is 5.91 Å². The highest BCUT2D eigenvalue weighted by atomic mass is 19.1. The molecule has 1 amide bonds. The van der Waals surface area contributed by atoms with Crippen molar-refractivity contribution in [3.8, 4) is 11.5 Å². The van der Waals surface area contributed by atoms with E-state index in [4.69, 9.17) is 4.74 Å².